The molecule has 1 aromatic rings. The van der Waals surface area contributed by atoms with Gasteiger partial charge in [0.15, 0.2) is 11.5 Å². The van der Waals surface area contributed by atoms with E-state index in [2.05, 4.69) is 11.9 Å². The van der Waals surface area contributed by atoms with E-state index in [9.17, 15) is 14.4 Å². The van der Waals surface area contributed by atoms with Crippen LogP contribution in [-0.4, -0.2) is 24.5 Å². The molecular weight excluding hydrogens is 262 g/mol. The van der Waals surface area contributed by atoms with Crippen molar-refractivity contribution in [1.29, 1.82) is 0 Å². The molecule has 0 atom stereocenters. The number of ether oxygens (including phenoxy) is 2. The smallest absolute Gasteiger partial charge is 0.412 e. The third-order valence-electron chi connectivity index (χ3n) is 2.21. The zero-order valence-corrected chi connectivity index (χ0v) is 11.3. The molecule has 0 saturated heterocycles. The van der Waals surface area contributed by atoms with Crippen LogP contribution >= 0.6 is 0 Å². The maximum Gasteiger partial charge on any atom is 0.412 e. The van der Waals surface area contributed by atoms with Crippen LogP contribution in [0.15, 0.2) is 30.9 Å². The molecule has 0 bridgehead atoms. The van der Waals surface area contributed by atoms with Crippen LogP contribution in [0.3, 0.4) is 0 Å². The Morgan fingerprint density at radius 3 is 2.55 bits per heavy atom. The first-order valence-electron chi connectivity index (χ1n) is 5.82. The molecule has 0 aromatic heterocycles. The van der Waals surface area contributed by atoms with Crippen LogP contribution in [0.25, 0.3) is 0 Å². The molecule has 1 aromatic carbocycles. The van der Waals surface area contributed by atoms with Crippen LogP contribution < -0.4 is 10.1 Å². The summed E-state index contributed by atoms with van der Waals surface area (Å²) in [5, 5.41) is 2.41. The maximum absolute atomic E-state index is 11.5. The number of ketones is 1. The third kappa shape index (κ3) is 4.56. The van der Waals surface area contributed by atoms with Crippen molar-refractivity contribution in [3.8, 4) is 5.75 Å². The highest BCUT2D eigenvalue weighted by molar-refractivity contribution is 5.97. The monoisotopic (exact) mass is 277 g/mol. The highest BCUT2D eigenvalue weighted by atomic mass is 16.6. The van der Waals surface area contributed by atoms with Crippen LogP contribution in [0.4, 0.5) is 10.5 Å². The number of hydrogen-bond acceptors (Lipinski definition) is 5. The number of anilines is 1. The molecule has 0 aliphatic rings. The van der Waals surface area contributed by atoms with Gasteiger partial charge in [0.05, 0.1) is 5.69 Å². The van der Waals surface area contributed by atoms with Gasteiger partial charge >= 0.3 is 12.1 Å². The minimum Gasteiger partial charge on any atom is -0.445 e. The predicted molar refractivity (Wildman–Crippen MR) is 72.9 cm³/mol. The third-order valence-corrected chi connectivity index (χ3v) is 2.21. The summed E-state index contributed by atoms with van der Waals surface area (Å²) >= 11 is 0. The first-order valence-corrected chi connectivity index (χ1v) is 5.82. The average Bonchev–Trinajstić information content (AvgIpc) is 2.37. The number of hydrogen-bond donors (Lipinski definition) is 1. The summed E-state index contributed by atoms with van der Waals surface area (Å²) in [6.07, 6.45) is 0.678. The Bertz CT molecular complexity index is 550. The van der Waals surface area contributed by atoms with Gasteiger partial charge in [-0.1, -0.05) is 12.7 Å². The number of benzene rings is 1. The second-order valence-corrected chi connectivity index (χ2v) is 3.87. The molecule has 0 heterocycles. The van der Waals surface area contributed by atoms with Gasteiger partial charge in [-0.05, 0) is 25.1 Å². The highest BCUT2D eigenvalue weighted by Gasteiger charge is 2.12. The van der Waals surface area contributed by atoms with Crippen molar-refractivity contribution in [1.82, 2.24) is 0 Å². The van der Waals surface area contributed by atoms with Crippen molar-refractivity contribution < 1.29 is 23.9 Å². The van der Waals surface area contributed by atoms with E-state index in [1.54, 1.807) is 0 Å². The average molecular weight is 277 g/mol. The molecule has 0 saturated carbocycles. The molecule has 0 radical (unpaired) electrons. The Hall–Kier alpha value is -2.63. The van der Waals surface area contributed by atoms with Gasteiger partial charge in [-0.2, -0.15) is 0 Å². The fourth-order valence-corrected chi connectivity index (χ4v) is 1.37. The van der Waals surface area contributed by atoms with Crippen molar-refractivity contribution in [3.63, 3.8) is 0 Å². The Labute approximate surface area is 116 Å². The largest absolute Gasteiger partial charge is 0.445 e. The molecule has 106 valence electrons. The van der Waals surface area contributed by atoms with E-state index in [0.717, 1.165) is 0 Å². The summed E-state index contributed by atoms with van der Waals surface area (Å²) in [7, 11) is 0. The predicted octanol–water partition coefficient (Wildman–Crippen LogP) is 2.55. The van der Waals surface area contributed by atoms with Gasteiger partial charge in [0.1, 0.15) is 6.61 Å². The zero-order valence-electron chi connectivity index (χ0n) is 11.3. The lowest BCUT2D eigenvalue weighted by Crippen LogP contribution is -2.15. The van der Waals surface area contributed by atoms with Gasteiger partial charge in [0.2, 0.25) is 0 Å². The first-order chi connectivity index (χ1) is 9.43. The number of nitrogens with one attached hydrogen (secondary N) is 1. The molecule has 6 nitrogen and oxygen atoms in total. The Balaban J connectivity index is 3.01. The second kappa shape index (κ2) is 7.08. The molecule has 0 unspecified atom stereocenters. The van der Waals surface area contributed by atoms with E-state index in [-0.39, 0.29) is 23.8 Å². The molecule has 1 N–H and O–H groups in total. The first kappa shape index (κ1) is 15.4. The van der Waals surface area contributed by atoms with Crippen molar-refractivity contribution in [3.05, 3.63) is 36.4 Å². The summed E-state index contributed by atoms with van der Waals surface area (Å²) in [6, 6.07) is 4.35. The van der Waals surface area contributed by atoms with Gasteiger partial charge in [-0.15, -0.1) is 0 Å². The van der Waals surface area contributed by atoms with Crippen LogP contribution in [0.5, 0.6) is 5.75 Å². The van der Waals surface area contributed by atoms with E-state index in [4.69, 9.17) is 9.47 Å². The highest BCUT2D eigenvalue weighted by Crippen LogP contribution is 2.26. The van der Waals surface area contributed by atoms with Crippen molar-refractivity contribution in [2.75, 3.05) is 11.9 Å². The number of Topliss-reactive ketones (excluding diaryl/α,β-unsaturated/α-hetero) is 1. The maximum atomic E-state index is 11.5. The molecule has 1 amide bonds. The van der Waals surface area contributed by atoms with Gasteiger partial charge in [0, 0.05) is 12.5 Å². The van der Waals surface area contributed by atoms with Crippen molar-refractivity contribution in [2.24, 2.45) is 0 Å². The minimum absolute atomic E-state index is 0.0428. The number of carbonyl (C=O) groups is 3. The molecule has 1 rings (SSSR count). The molecule has 20 heavy (non-hydrogen) atoms. The number of carbonyl (C=O) groups excluding carboxylic acids is 3. The topological polar surface area (TPSA) is 81.7 Å². The summed E-state index contributed by atoms with van der Waals surface area (Å²) in [6.45, 7) is 6.08. The fraction of sp³-hybridized carbons (Fsp3) is 0.214. The lowest BCUT2D eigenvalue weighted by atomic mass is 10.1. The van der Waals surface area contributed by atoms with Crippen LogP contribution in [0.1, 0.15) is 24.2 Å². The van der Waals surface area contributed by atoms with E-state index in [1.165, 1.54) is 38.1 Å². The molecule has 6 heteroatoms. The van der Waals surface area contributed by atoms with Crippen LogP contribution in [0, 0.1) is 0 Å². The summed E-state index contributed by atoms with van der Waals surface area (Å²) in [4.78, 5) is 33.8. The normalized spacial score (nSPS) is 9.50. The quantitative estimate of drug-likeness (QED) is 0.387. The minimum atomic E-state index is -0.737. The van der Waals surface area contributed by atoms with Crippen molar-refractivity contribution >= 4 is 23.5 Å². The van der Waals surface area contributed by atoms with E-state index >= 15 is 0 Å². The Morgan fingerprint density at radius 2 is 2.00 bits per heavy atom. The standard InChI is InChI=1S/C14H15NO5/c1-4-7-19-14(18)15-12-8-11(9(2)16)5-6-13(12)20-10(3)17/h4-6,8H,1,7H2,2-3H3,(H,15,18). The number of rotatable bonds is 5. The number of amides is 1. The molecule has 0 aliphatic heterocycles. The summed E-state index contributed by atoms with van der Waals surface area (Å²) in [5.41, 5.74) is 0.557. The van der Waals surface area contributed by atoms with Gasteiger partial charge in [-0.25, -0.2) is 4.79 Å². The van der Waals surface area contributed by atoms with Gasteiger partial charge < -0.3 is 9.47 Å². The second-order valence-electron chi connectivity index (χ2n) is 3.87. The molecule has 0 fully saturated rings. The van der Waals surface area contributed by atoms with Crippen molar-refractivity contribution in [2.45, 2.75) is 13.8 Å². The zero-order chi connectivity index (χ0) is 15.1. The van der Waals surface area contributed by atoms with E-state index in [0.29, 0.717) is 5.56 Å². The molecular formula is C14H15NO5. The lowest BCUT2D eigenvalue weighted by molar-refractivity contribution is -0.131. The van der Waals surface area contributed by atoms with E-state index < -0.39 is 12.1 Å². The Morgan fingerprint density at radius 1 is 1.30 bits per heavy atom. The molecule has 0 aliphatic carbocycles. The lowest BCUT2D eigenvalue weighted by Gasteiger charge is -2.11. The van der Waals surface area contributed by atoms with Gasteiger partial charge in [-0.3, -0.25) is 14.9 Å². The van der Waals surface area contributed by atoms with Crippen LogP contribution in [-0.2, 0) is 9.53 Å². The van der Waals surface area contributed by atoms with Gasteiger partial charge in [0.25, 0.3) is 0 Å². The Kier molecular flexibility index (Phi) is 5.46. The SMILES string of the molecule is C=CCOC(=O)Nc1cc(C(C)=O)ccc1OC(C)=O. The van der Waals surface area contributed by atoms with Crippen LogP contribution in [0.2, 0.25) is 0 Å². The molecule has 0 spiro atoms. The summed E-state index contributed by atoms with van der Waals surface area (Å²) in [5.74, 6) is -0.581. The number of esters is 1. The summed E-state index contributed by atoms with van der Waals surface area (Å²) < 4.78 is 9.71. The van der Waals surface area contributed by atoms with E-state index in [1.807, 2.05) is 0 Å². The fourth-order valence-electron chi connectivity index (χ4n) is 1.37.